The van der Waals surface area contributed by atoms with Gasteiger partial charge in [0.05, 0.1) is 0 Å². The Hall–Kier alpha value is -0.0231. The van der Waals surface area contributed by atoms with Crippen LogP contribution in [-0.2, 0) is 8.85 Å². The summed E-state index contributed by atoms with van der Waals surface area (Å²) in [6.45, 7) is 7.67. The largest absolute Gasteiger partial charge is 0.395 e. The van der Waals surface area contributed by atoms with Gasteiger partial charge in [0.25, 0.3) is 0 Å². The number of hydrogen-bond donors (Lipinski definition) is 0. The molecule has 0 saturated heterocycles. The molecule has 0 radical (unpaired) electrons. The van der Waals surface area contributed by atoms with Crippen molar-refractivity contribution in [2.45, 2.75) is 45.7 Å². The van der Waals surface area contributed by atoms with E-state index in [9.17, 15) is 0 Å². The molecule has 0 saturated carbocycles. The third-order valence-electron chi connectivity index (χ3n) is 2.34. The Bertz CT molecular complexity index is 203. The van der Waals surface area contributed by atoms with Crippen molar-refractivity contribution in [3.63, 3.8) is 0 Å². The molecule has 5 heteroatoms. The molecule has 0 N–H and O–H groups in total. The van der Waals surface area contributed by atoms with Crippen LogP contribution in [-0.4, -0.2) is 27.5 Å². The average molecular weight is 261 g/mol. The van der Waals surface area contributed by atoms with Gasteiger partial charge < -0.3 is 8.85 Å². The molecule has 0 aliphatic heterocycles. The predicted octanol–water partition coefficient (Wildman–Crippen LogP) is 3.52. The van der Waals surface area contributed by atoms with Crippen molar-refractivity contribution >= 4 is 20.3 Å². The van der Waals surface area contributed by atoms with Gasteiger partial charge in [-0.2, -0.15) is 5.26 Å². The van der Waals surface area contributed by atoms with Gasteiger partial charge in [-0.3, -0.25) is 0 Å². The highest BCUT2D eigenvalue weighted by atomic mass is 32.2. The van der Waals surface area contributed by atoms with E-state index in [1.807, 2.05) is 13.8 Å². The van der Waals surface area contributed by atoms with Crippen molar-refractivity contribution < 1.29 is 8.85 Å². The zero-order valence-electron chi connectivity index (χ0n) is 10.6. The monoisotopic (exact) mass is 261 g/mol. The third-order valence-corrected chi connectivity index (χ3v) is 6.02. The molecule has 94 valence electrons. The lowest BCUT2D eigenvalue weighted by atomic mass is 10.3. The Morgan fingerprint density at radius 1 is 1.12 bits per heavy atom. The van der Waals surface area contributed by atoms with Crippen LogP contribution in [0.25, 0.3) is 0 Å². The van der Waals surface area contributed by atoms with Gasteiger partial charge in [-0.05, 0) is 44.6 Å². The summed E-state index contributed by atoms with van der Waals surface area (Å²) in [5, 5.41) is 10.5. The highest BCUT2D eigenvalue weighted by molar-refractivity contribution is 8.03. The summed E-state index contributed by atoms with van der Waals surface area (Å²) in [4.78, 5) is 0. The van der Waals surface area contributed by atoms with Crippen molar-refractivity contribution in [3.8, 4) is 5.40 Å². The maximum atomic E-state index is 8.37. The molecule has 0 heterocycles. The quantitative estimate of drug-likeness (QED) is 0.343. The molecular formula is C11H23NO2SSi. The summed E-state index contributed by atoms with van der Waals surface area (Å²) >= 11 is 1.34. The molecule has 16 heavy (non-hydrogen) atoms. The summed E-state index contributed by atoms with van der Waals surface area (Å²) in [6, 6.07) is 1.06. The van der Waals surface area contributed by atoms with Crippen LogP contribution in [0, 0.1) is 10.7 Å². The molecule has 3 nitrogen and oxygen atoms in total. The fraction of sp³-hybridized carbons (Fsp3) is 0.909. The van der Waals surface area contributed by atoms with E-state index < -0.39 is 8.56 Å². The van der Waals surface area contributed by atoms with Crippen LogP contribution in [0.5, 0.6) is 0 Å². The number of thioether (sulfide) groups is 1. The van der Waals surface area contributed by atoms with E-state index in [1.165, 1.54) is 11.8 Å². The van der Waals surface area contributed by atoms with Gasteiger partial charge in [-0.1, -0.05) is 12.8 Å². The van der Waals surface area contributed by atoms with Crippen LogP contribution in [0.2, 0.25) is 12.6 Å². The van der Waals surface area contributed by atoms with E-state index >= 15 is 0 Å². The number of thiocyanates is 1. The fourth-order valence-electron chi connectivity index (χ4n) is 1.64. The summed E-state index contributed by atoms with van der Waals surface area (Å²) in [6.07, 6.45) is 3.42. The number of nitrogens with zero attached hydrogens (tertiary/aromatic N) is 1. The van der Waals surface area contributed by atoms with Crippen LogP contribution in [0.15, 0.2) is 0 Å². The normalized spacial score (nSPS) is 11.4. The fourth-order valence-corrected chi connectivity index (χ4v) is 4.56. The standard InChI is InChI=1S/C11H23NO2SSi/c1-4-13-16(3,14-5-2)10-8-6-7-9-15-11-12/h4-10H2,1-3H3. The Kier molecular flexibility index (Phi) is 10.1. The molecule has 0 bridgehead atoms. The van der Waals surface area contributed by atoms with E-state index in [2.05, 4.69) is 11.9 Å². The van der Waals surface area contributed by atoms with E-state index in [0.717, 1.165) is 44.3 Å². The van der Waals surface area contributed by atoms with Crippen LogP contribution >= 0.6 is 11.8 Å². The molecule has 0 unspecified atom stereocenters. The van der Waals surface area contributed by atoms with Gasteiger partial charge >= 0.3 is 8.56 Å². The van der Waals surface area contributed by atoms with Gasteiger partial charge in [0.2, 0.25) is 0 Å². The van der Waals surface area contributed by atoms with E-state index in [-0.39, 0.29) is 0 Å². The van der Waals surface area contributed by atoms with E-state index in [1.54, 1.807) is 0 Å². The molecule has 0 rings (SSSR count). The average Bonchev–Trinajstić information content (AvgIpc) is 2.24. The summed E-state index contributed by atoms with van der Waals surface area (Å²) in [5.74, 6) is 0.942. The van der Waals surface area contributed by atoms with Gasteiger partial charge in [-0.25, -0.2) is 0 Å². The molecule has 0 aromatic heterocycles. The van der Waals surface area contributed by atoms with Gasteiger partial charge in [-0.15, -0.1) is 0 Å². The second-order valence-corrected chi connectivity index (χ2v) is 7.97. The lowest BCUT2D eigenvalue weighted by Gasteiger charge is -2.25. The lowest BCUT2D eigenvalue weighted by Crippen LogP contribution is -2.38. The molecule has 0 aromatic carbocycles. The van der Waals surface area contributed by atoms with Crippen molar-refractivity contribution in [3.05, 3.63) is 0 Å². The molecule has 0 atom stereocenters. The molecular weight excluding hydrogens is 238 g/mol. The maximum Gasteiger partial charge on any atom is 0.334 e. The Balaban J connectivity index is 3.64. The van der Waals surface area contributed by atoms with Gasteiger partial charge in [0, 0.05) is 19.0 Å². The van der Waals surface area contributed by atoms with Crippen LogP contribution in [0.1, 0.15) is 33.1 Å². The summed E-state index contributed by atoms with van der Waals surface area (Å²) in [7, 11) is -1.89. The second kappa shape index (κ2) is 10.2. The lowest BCUT2D eigenvalue weighted by molar-refractivity contribution is 0.188. The number of nitriles is 1. The third kappa shape index (κ3) is 8.17. The molecule has 0 fully saturated rings. The number of hydrogen-bond acceptors (Lipinski definition) is 4. The molecule has 0 spiro atoms. The predicted molar refractivity (Wildman–Crippen MR) is 71.6 cm³/mol. The molecule has 0 aliphatic carbocycles. The second-order valence-electron chi connectivity index (χ2n) is 3.75. The maximum absolute atomic E-state index is 8.37. The molecule has 0 aromatic rings. The van der Waals surface area contributed by atoms with E-state index in [0.29, 0.717) is 0 Å². The van der Waals surface area contributed by atoms with Crippen LogP contribution in [0.3, 0.4) is 0 Å². The molecule has 0 amide bonds. The zero-order valence-corrected chi connectivity index (χ0v) is 12.4. The summed E-state index contributed by atoms with van der Waals surface area (Å²) < 4.78 is 11.5. The Morgan fingerprint density at radius 2 is 1.75 bits per heavy atom. The van der Waals surface area contributed by atoms with Crippen LogP contribution < -0.4 is 0 Å². The van der Waals surface area contributed by atoms with Gasteiger partial charge in [0.1, 0.15) is 5.40 Å². The highest BCUT2D eigenvalue weighted by Gasteiger charge is 2.29. The smallest absolute Gasteiger partial charge is 0.334 e. The topological polar surface area (TPSA) is 42.2 Å². The number of unbranched alkanes of at least 4 members (excludes halogenated alkanes) is 2. The SMILES string of the molecule is CCO[Si](C)(CCCCCSC#N)OCC. The summed E-state index contributed by atoms with van der Waals surface area (Å²) in [5.41, 5.74) is 0. The number of rotatable bonds is 10. The minimum absolute atomic E-state index is 0.743. The van der Waals surface area contributed by atoms with Crippen molar-refractivity contribution in [2.24, 2.45) is 0 Å². The minimum Gasteiger partial charge on any atom is -0.395 e. The van der Waals surface area contributed by atoms with Crippen molar-refractivity contribution in [1.29, 1.82) is 5.26 Å². The first-order chi connectivity index (χ1) is 7.68. The Labute approximate surface area is 105 Å². The van der Waals surface area contributed by atoms with Gasteiger partial charge in [0.15, 0.2) is 0 Å². The Morgan fingerprint density at radius 3 is 2.25 bits per heavy atom. The van der Waals surface area contributed by atoms with Crippen molar-refractivity contribution in [1.82, 2.24) is 0 Å². The first kappa shape index (κ1) is 16.0. The first-order valence-corrected chi connectivity index (χ1v) is 9.48. The van der Waals surface area contributed by atoms with Crippen molar-refractivity contribution in [2.75, 3.05) is 19.0 Å². The zero-order chi connectivity index (χ0) is 12.3. The first-order valence-electron chi connectivity index (χ1n) is 5.97. The van der Waals surface area contributed by atoms with E-state index in [4.69, 9.17) is 14.1 Å². The minimum atomic E-state index is -1.89. The molecule has 0 aliphatic rings. The highest BCUT2D eigenvalue weighted by Crippen LogP contribution is 2.18. The van der Waals surface area contributed by atoms with Crippen LogP contribution in [0.4, 0.5) is 0 Å².